The molecule has 0 atom stereocenters. The van der Waals surface area contributed by atoms with Crippen LogP contribution in [-0.4, -0.2) is 16.4 Å². The Morgan fingerprint density at radius 3 is 2.68 bits per heavy atom. The average molecular weight is 453 g/mol. The highest BCUT2D eigenvalue weighted by Gasteiger charge is 2.15. The zero-order chi connectivity index (χ0) is 24.1. The fraction of sp³-hybridized carbons (Fsp3) is 0.148. The molecule has 0 aliphatic carbocycles. The molecule has 0 aliphatic heterocycles. The van der Waals surface area contributed by atoms with E-state index in [1.54, 1.807) is 35.2 Å². The quantitative estimate of drug-likeness (QED) is 0.313. The Balaban J connectivity index is 1.57. The lowest BCUT2D eigenvalue weighted by atomic mass is 10.1. The van der Waals surface area contributed by atoms with E-state index >= 15 is 0 Å². The zero-order valence-corrected chi connectivity index (χ0v) is 19.0. The van der Waals surface area contributed by atoms with E-state index in [1.807, 2.05) is 62.4 Å². The summed E-state index contributed by atoms with van der Waals surface area (Å²) in [5.74, 6) is 0.00563. The van der Waals surface area contributed by atoms with E-state index in [9.17, 15) is 14.9 Å². The molecule has 0 saturated heterocycles. The number of para-hydroxylation sites is 1. The van der Waals surface area contributed by atoms with Crippen LogP contribution in [0.2, 0.25) is 0 Å². The lowest BCUT2D eigenvalue weighted by molar-refractivity contribution is -0.121. The average Bonchev–Trinajstić information content (AvgIpc) is 3.46. The van der Waals surface area contributed by atoms with Gasteiger partial charge in [0.1, 0.15) is 23.9 Å². The summed E-state index contributed by atoms with van der Waals surface area (Å²) in [6.07, 6.45) is 4.89. The summed E-state index contributed by atoms with van der Waals surface area (Å²) < 4.78 is 7.05. The summed E-state index contributed by atoms with van der Waals surface area (Å²) >= 11 is 0. The Morgan fingerprint density at radius 1 is 1.12 bits per heavy atom. The van der Waals surface area contributed by atoms with Crippen LogP contribution in [0.4, 0.5) is 5.69 Å². The molecule has 2 N–H and O–H groups in total. The number of aromatic nitrogens is 1. The summed E-state index contributed by atoms with van der Waals surface area (Å²) in [5.41, 5.74) is 4.16. The van der Waals surface area contributed by atoms with E-state index in [0.29, 0.717) is 23.6 Å². The van der Waals surface area contributed by atoms with Gasteiger partial charge in [-0.3, -0.25) is 9.59 Å². The molecule has 34 heavy (non-hydrogen) atoms. The molecule has 4 aromatic rings. The molecule has 0 spiro atoms. The number of anilines is 1. The van der Waals surface area contributed by atoms with Crippen LogP contribution < -0.4 is 10.6 Å². The molecule has 2 aromatic carbocycles. The van der Waals surface area contributed by atoms with Crippen molar-refractivity contribution < 1.29 is 14.0 Å². The molecule has 0 radical (unpaired) electrons. The van der Waals surface area contributed by atoms with Gasteiger partial charge in [0, 0.05) is 28.4 Å². The number of amides is 2. The predicted molar refractivity (Wildman–Crippen MR) is 131 cm³/mol. The third-order valence-electron chi connectivity index (χ3n) is 5.47. The van der Waals surface area contributed by atoms with Gasteiger partial charge in [0.15, 0.2) is 0 Å². The summed E-state index contributed by atoms with van der Waals surface area (Å²) in [6.45, 7) is 4.27. The van der Waals surface area contributed by atoms with Gasteiger partial charge in [-0.2, -0.15) is 5.26 Å². The SMILES string of the molecule is Cc1ccc(NC(=O)C(C#N)=Cc2cn(CC(=O)NCc3ccco3)c3ccccc23)c(C)c1. The number of nitrogens with one attached hydrogen (secondary N) is 2. The predicted octanol–water partition coefficient (Wildman–Crippen LogP) is 4.71. The van der Waals surface area contributed by atoms with Crippen LogP contribution in [0, 0.1) is 25.2 Å². The van der Waals surface area contributed by atoms with Gasteiger partial charge >= 0.3 is 0 Å². The second kappa shape index (κ2) is 9.92. The molecular formula is C27H24N4O3. The first-order valence-corrected chi connectivity index (χ1v) is 10.8. The maximum atomic E-state index is 12.8. The van der Waals surface area contributed by atoms with Gasteiger partial charge in [-0.15, -0.1) is 0 Å². The first-order valence-electron chi connectivity index (χ1n) is 10.8. The molecule has 2 heterocycles. The van der Waals surface area contributed by atoms with Crippen molar-refractivity contribution in [2.45, 2.75) is 26.9 Å². The number of nitrogens with zero attached hydrogens (tertiary/aromatic N) is 2. The monoisotopic (exact) mass is 452 g/mol. The third-order valence-corrected chi connectivity index (χ3v) is 5.47. The van der Waals surface area contributed by atoms with Gasteiger partial charge in [-0.05, 0) is 49.8 Å². The second-order valence-electron chi connectivity index (χ2n) is 8.03. The molecule has 2 amide bonds. The van der Waals surface area contributed by atoms with E-state index in [-0.39, 0.29) is 18.0 Å². The van der Waals surface area contributed by atoms with Crippen LogP contribution in [0.3, 0.4) is 0 Å². The number of hydrogen-bond acceptors (Lipinski definition) is 4. The van der Waals surface area contributed by atoms with Gasteiger partial charge in [-0.1, -0.05) is 35.9 Å². The zero-order valence-electron chi connectivity index (χ0n) is 19.0. The summed E-state index contributed by atoms with van der Waals surface area (Å²) in [7, 11) is 0. The maximum Gasteiger partial charge on any atom is 0.266 e. The summed E-state index contributed by atoms with van der Waals surface area (Å²) in [6, 6.07) is 18.8. The van der Waals surface area contributed by atoms with Crippen molar-refractivity contribution in [1.82, 2.24) is 9.88 Å². The normalized spacial score (nSPS) is 11.3. The lowest BCUT2D eigenvalue weighted by Crippen LogP contribution is -2.26. The van der Waals surface area contributed by atoms with Crippen LogP contribution in [0.15, 0.2) is 77.0 Å². The Morgan fingerprint density at radius 2 is 1.94 bits per heavy atom. The van der Waals surface area contributed by atoms with Gasteiger partial charge in [0.2, 0.25) is 5.91 Å². The molecular weight excluding hydrogens is 428 g/mol. The highest BCUT2D eigenvalue weighted by molar-refractivity contribution is 6.11. The van der Waals surface area contributed by atoms with Gasteiger partial charge in [0.05, 0.1) is 12.8 Å². The molecule has 0 bridgehead atoms. The van der Waals surface area contributed by atoms with Gasteiger partial charge < -0.3 is 19.6 Å². The third kappa shape index (κ3) is 5.08. The van der Waals surface area contributed by atoms with Crippen molar-refractivity contribution in [3.05, 3.63) is 95.1 Å². The fourth-order valence-electron chi connectivity index (χ4n) is 3.78. The minimum Gasteiger partial charge on any atom is -0.467 e. The molecule has 0 saturated carbocycles. The number of carbonyl (C=O) groups excluding carboxylic acids is 2. The van der Waals surface area contributed by atoms with Crippen LogP contribution in [-0.2, 0) is 22.7 Å². The Hall–Kier alpha value is -4.57. The number of carbonyl (C=O) groups is 2. The van der Waals surface area contributed by atoms with Gasteiger partial charge in [-0.25, -0.2) is 0 Å². The minimum absolute atomic E-state index is 0.0230. The van der Waals surface area contributed by atoms with Crippen molar-refractivity contribution in [3.63, 3.8) is 0 Å². The van der Waals surface area contributed by atoms with Crippen LogP contribution >= 0.6 is 0 Å². The Labute approximate surface area is 197 Å². The minimum atomic E-state index is -0.484. The first-order chi connectivity index (χ1) is 16.4. The Bertz CT molecular complexity index is 1420. The largest absolute Gasteiger partial charge is 0.467 e. The van der Waals surface area contributed by atoms with Gasteiger partial charge in [0.25, 0.3) is 5.91 Å². The summed E-state index contributed by atoms with van der Waals surface area (Å²) in [4.78, 5) is 25.3. The Kier molecular flexibility index (Phi) is 6.60. The van der Waals surface area contributed by atoms with E-state index < -0.39 is 5.91 Å². The van der Waals surface area contributed by atoms with E-state index in [0.717, 1.165) is 22.0 Å². The molecule has 0 fully saturated rings. The van der Waals surface area contributed by atoms with Crippen LogP contribution in [0.25, 0.3) is 17.0 Å². The molecule has 4 rings (SSSR count). The number of fused-ring (bicyclic) bond motifs is 1. The standard InChI is InChI=1S/C27H24N4O3/c1-18-9-10-24(19(2)12-18)30-27(33)20(14-28)13-21-16-31(25-8-4-3-7-23(21)25)17-26(32)29-15-22-6-5-11-34-22/h3-13,16H,15,17H2,1-2H3,(H,29,32)(H,30,33). The number of aryl methyl sites for hydroxylation is 2. The smallest absolute Gasteiger partial charge is 0.266 e. The van der Waals surface area contributed by atoms with Crippen LogP contribution in [0.5, 0.6) is 0 Å². The molecule has 0 unspecified atom stereocenters. The lowest BCUT2D eigenvalue weighted by Gasteiger charge is -2.08. The number of furan rings is 1. The number of hydrogen-bond donors (Lipinski definition) is 2. The molecule has 2 aromatic heterocycles. The van der Waals surface area contributed by atoms with E-state index in [4.69, 9.17) is 4.42 Å². The van der Waals surface area contributed by atoms with Crippen LogP contribution in [0.1, 0.15) is 22.5 Å². The first kappa shape index (κ1) is 22.6. The molecule has 170 valence electrons. The van der Waals surface area contributed by atoms with E-state index in [2.05, 4.69) is 10.6 Å². The highest BCUT2D eigenvalue weighted by atomic mass is 16.3. The number of benzene rings is 2. The topological polar surface area (TPSA) is 100 Å². The van der Waals surface area contributed by atoms with E-state index in [1.165, 1.54) is 0 Å². The second-order valence-corrected chi connectivity index (χ2v) is 8.03. The maximum absolute atomic E-state index is 12.8. The van der Waals surface area contributed by atoms with Crippen molar-refractivity contribution in [2.24, 2.45) is 0 Å². The fourth-order valence-corrected chi connectivity index (χ4v) is 3.78. The summed E-state index contributed by atoms with van der Waals surface area (Å²) in [5, 5.41) is 16.2. The molecule has 7 heteroatoms. The van der Waals surface area contributed by atoms with Crippen molar-refractivity contribution in [1.29, 1.82) is 5.26 Å². The van der Waals surface area contributed by atoms with Crippen molar-refractivity contribution in [3.8, 4) is 6.07 Å². The molecule has 7 nitrogen and oxygen atoms in total. The van der Waals surface area contributed by atoms with Crippen molar-refractivity contribution in [2.75, 3.05) is 5.32 Å². The number of nitriles is 1. The van der Waals surface area contributed by atoms with Crippen molar-refractivity contribution >= 4 is 34.5 Å². The molecule has 0 aliphatic rings. The highest BCUT2D eigenvalue weighted by Crippen LogP contribution is 2.24. The number of rotatable bonds is 7.